The maximum absolute atomic E-state index is 12.1. The molecule has 0 saturated carbocycles. The molecule has 0 spiro atoms. The highest BCUT2D eigenvalue weighted by atomic mass is 16.1. The molecular formula is C17H19NO. The third-order valence-corrected chi connectivity index (χ3v) is 3.28. The third-order valence-electron chi connectivity index (χ3n) is 3.28. The molecule has 19 heavy (non-hydrogen) atoms. The minimum atomic E-state index is 0.0372. The van der Waals surface area contributed by atoms with Crippen molar-refractivity contribution in [3.63, 3.8) is 0 Å². The van der Waals surface area contributed by atoms with E-state index in [1.165, 1.54) is 5.56 Å². The molecule has 2 heteroatoms. The van der Waals surface area contributed by atoms with E-state index in [2.05, 4.69) is 12.2 Å². The van der Waals surface area contributed by atoms with Gasteiger partial charge in [0.2, 0.25) is 5.91 Å². The Hall–Kier alpha value is -2.09. The number of amides is 1. The second-order valence-electron chi connectivity index (χ2n) is 4.66. The number of carbonyl (C=O) groups is 1. The zero-order valence-corrected chi connectivity index (χ0v) is 11.4. The fraction of sp³-hybridized carbons (Fsp3) is 0.235. The van der Waals surface area contributed by atoms with Crippen molar-refractivity contribution in [1.82, 2.24) is 0 Å². The van der Waals surface area contributed by atoms with Crippen LogP contribution in [0.4, 0.5) is 5.69 Å². The van der Waals surface area contributed by atoms with Gasteiger partial charge in [-0.25, -0.2) is 0 Å². The van der Waals surface area contributed by atoms with Crippen molar-refractivity contribution in [3.05, 3.63) is 65.2 Å². The number of carbonyl (C=O) groups excluding carboxylic acids is 1. The summed E-state index contributed by atoms with van der Waals surface area (Å²) in [5.41, 5.74) is 4.32. The van der Waals surface area contributed by atoms with Crippen LogP contribution in [0.15, 0.2) is 48.5 Å². The highest BCUT2D eigenvalue weighted by Crippen LogP contribution is 2.16. The van der Waals surface area contributed by atoms with E-state index in [1.54, 1.807) is 0 Å². The minimum absolute atomic E-state index is 0.0372. The second-order valence-corrected chi connectivity index (χ2v) is 4.66. The number of nitrogens with one attached hydrogen (secondary N) is 1. The standard InChI is InChI=1S/C17H19NO/c1-3-14-9-6-7-11-16(14)18-17(19)12-15-10-5-4-8-13(15)2/h4-11H,3,12H2,1-2H3,(H,18,19). The maximum atomic E-state index is 12.1. The average Bonchev–Trinajstić information content (AvgIpc) is 2.42. The molecule has 0 aliphatic heterocycles. The number of hydrogen-bond acceptors (Lipinski definition) is 1. The average molecular weight is 253 g/mol. The maximum Gasteiger partial charge on any atom is 0.228 e. The molecule has 2 nitrogen and oxygen atoms in total. The van der Waals surface area contributed by atoms with Crippen LogP contribution < -0.4 is 5.32 Å². The fourth-order valence-electron chi connectivity index (χ4n) is 2.13. The lowest BCUT2D eigenvalue weighted by Gasteiger charge is -2.10. The van der Waals surface area contributed by atoms with Crippen LogP contribution in [0.3, 0.4) is 0 Å². The fourth-order valence-corrected chi connectivity index (χ4v) is 2.13. The Morgan fingerprint density at radius 3 is 2.32 bits per heavy atom. The summed E-state index contributed by atoms with van der Waals surface area (Å²) in [4.78, 5) is 12.1. The van der Waals surface area contributed by atoms with Crippen LogP contribution in [0.25, 0.3) is 0 Å². The third kappa shape index (κ3) is 3.44. The summed E-state index contributed by atoms with van der Waals surface area (Å²) in [6, 6.07) is 15.9. The lowest BCUT2D eigenvalue weighted by Crippen LogP contribution is -2.16. The Bertz CT molecular complexity index is 575. The van der Waals surface area contributed by atoms with Gasteiger partial charge in [-0.2, -0.15) is 0 Å². The van der Waals surface area contributed by atoms with E-state index < -0.39 is 0 Å². The number of rotatable bonds is 4. The van der Waals surface area contributed by atoms with Crippen LogP contribution in [-0.4, -0.2) is 5.91 Å². The molecular weight excluding hydrogens is 234 g/mol. The summed E-state index contributed by atoms with van der Waals surface area (Å²) in [5.74, 6) is 0.0372. The first-order valence-electron chi connectivity index (χ1n) is 6.63. The molecule has 2 rings (SSSR count). The molecule has 2 aromatic carbocycles. The van der Waals surface area contributed by atoms with Gasteiger partial charge in [-0.15, -0.1) is 0 Å². The van der Waals surface area contributed by atoms with Crippen molar-refractivity contribution in [2.45, 2.75) is 26.7 Å². The zero-order chi connectivity index (χ0) is 13.7. The SMILES string of the molecule is CCc1ccccc1NC(=O)Cc1ccccc1C. The molecule has 0 heterocycles. The van der Waals surface area contributed by atoms with Crippen molar-refractivity contribution < 1.29 is 4.79 Å². The molecule has 98 valence electrons. The Balaban J connectivity index is 2.08. The van der Waals surface area contributed by atoms with Crippen LogP contribution in [0.5, 0.6) is 0 Å². The quantitative estimate of drug-likeness (QED) is 0.883. The van der Waals surface area contributed by atoms with Gasteiger partial charge in [0.05, 0.1) is 6.42 Å². The zero-order valence-electron chi connectivity index (χ0n) is 11.4. The van der Waals surface area contributed by atoms with Crippen LogP contribution >= 0.6 is 0 Å². The highest BCUT2D eigenvalue weighted by molar-refractivity contribution is 5.93. The monoisotopic (exact) mass is 253 g/mol. The number of benzene rings is 2. The normalized spacial score (nSPS) is 10.2. The van der Waals surface area contributed by atoms with Crippen LogP contribution in [0, 0.1) is 6.92 Å². The predicted octanol–water partition coefficient (Wildman–Crippen LogP) is 3.74. The molecule has 2 aromatic rings. The van der Waals surface area contributed by atoms with Gasteiger partial charge in [-0.1, -0.05) is 49.4 Å². The summed E-state index contributed by atoms with van der Waals surface area (Å²) in [6.07, 6.45) is 1.34. The van der Waals surface area contributed by atoms with Crippen molar-refractivity contribution in [2.24, 2.45) is 0 Å². The molecule has 0 unspecified atom stereocenters. The largest absolute Gasteiger partial charge is 0.326 e. The van der Waals surface area contributed by atoms with Gasteiger partial charge in [0.25, 0.3) is 0 Å². The van der Waals surface area contributed by atoms with E-state index in [4.69, 9.17) is 0 Å². The summed E-state index contributed by atoms with van der Waals surface area (Å²) >= 11 is 0. The lowest BCUT2D eigenvalue weighted by molar-refractivity contribution is -0.115. The molecule has 0 bridgehead atoms. The first kappa shape index (κ1) is 13.3. The first-order chi connectivity index (χ1) is 9.20. The highest BCUT2D eigenvalue weighted by Gasteiger charge is 2.07. The molecule has 1 amide bonds. The van der Waals surface area contributed by atoms with E-state index in [0.29, 0.717) is 6.42 Å². The van der Waals surface area contributed by atoms with Gasteiger partial charge in [-0.05, 0) is 36.1 Å². The summed E-state index contributed by atoms with van der Waals surface area (Å²) in [7, 11) is 0. The van der Waals surface area contributed by atoms with Gasteiger partial charge < -0.3 is 5.32 Å². The smallest absolute Gasteiger partial charge is 0.228 e. The molecule has 0 radical (unpaired) electrons. The van der Waals surface area contributed by atoms with Gasteiger partial charge in [0.15, 0.2) is 0 Å². The molecule has 1 N–H and O–H groups in total. The van der Waals surface area contributed by atoms with E-state index in [0.717, 1.165) is 23.2 Å². The van der Waals surface area contributed by atoms with Crippen LogP contribution in [-0.2, 0) is 17.6 Å². The number of hydrogen-bond donors (Lipinski definition) is 1. The second kappa shape index (κ2) is 6.19. The number of anilines is 1. The van der Waals surface area contributed by atoms with E-state index >= 15 is 0 Å². The van der Waals surface area contributed by atoms with Crippen molar-refractivity contribution in [1.29, 1.82) is 0 Å². The van der Waals surface area contributed by atoms with Crippen LogP contribution in [0.2, 0.25) is 0 Å². The Kier molecular flexibility index (Phi) is 4.35. The van der Waals surface area contributed by atoms with Crippen molar-refractivity contribution in [2.75, 3.05) is 5.32 Å². The van der Waals surface area contributed by atoms with E-state index in [9.17, 15) is 4.79 Å². The van der Waals surface area contributed by atoms with Crippen LogP contribution in [0.1, 0.15) is 23.6 Å². The first-order valence-corrected chi connectivity index (χ1v) is 6.63. The number of aryl methyl sites for hydroxylation is 2. The molecule has 0 saturated heterocycles. The molecule has 0 aliphatic rings. The van der Waals surface area contributed by atoms with Gasteiger partial charge in [0.1, 0.15) is 0 Å². The van der Waals surface area contributed by atoms with Crippen molar-refractivity contribution >= 4 is 11.6 Å². The number of para-hydroxylation sites is 1. The summed E-state index contributed by atoms with van der Waals surface area (Å²) < 4.78 is 0. The summed E-state index contributed by atoms with van der Waals surface area (Å²) in [6.45, 7) is 4.12. The predicted molar refractivity (Wildman–Crippen MR) is 79.3 cm³/mol. The van der Waals surface area contributed by atoms with E-state index in [1.807, 2.05) is 55.5 Å². The van der Waals surface area contributed by atoms with Crippen molar-refractivity contribution in [3.8, 4) is 0 Å². The Labute approximate surface area is 114 Å². The minimum Gasteiger partial charge on any atom is -0.326 e. The lowest BCUT2D eigenvalue weighted by atomic mass is 10.1. The Morgan fingerprint density at radius 2 is 1.63 bits per heavy atom. The summed E-state index contributed by atoms with van der Waals surface area (Å²) in [5, 5.41) is 3.00. The van der Waals surface area contributed by atoms with Gasteiger partial charge in [-0.3, -0.25) is 4.79 Å². The Morgan fingerprint density at radius 1 is 1.00 bits per heavy atom. The topological polar surface area (TPSA) is 29.1 Å². The molecule has 0 atom stereocenters. The van der Waals surface area contributed by atoms with Gasteiger partial charge in [0, 0.05) is 5.69 Å². The molecule has 0 aliphatic carbocycles. The van der Waals surface area contributed by atoms with Gasteiger partial charge >= 0.3 is 0 Å². The molecule has 0 fully saturated rings. The van der Waals surface area contributed by atoms with E-state index in [-0.39, 0.29) is 5.91 Å². The molecule has 0 aromatic heterocycles.